The molecule has 2 heterocycles. The SMILES string of the molecule is NC(=CC(=NCc1ccccc1F)c1ccon1)c1ncc(F)cn1. The lowest BCUT2D eigenvalue weighted by atomic mass is 10.2. The third kappa shape index (κ3) is 4.11. The lowest BCUT2D eigenvalue weighted by Gasteiger charge is -2.03. The summed E-state index contributed by atoms with van der Waals surface area (Å²) in [5.74, 6) is -0.783. The van der Waals surface area contributed by atoms with Gasteiger partial charge < -0.3 is 10.3 Å². The van der Waals surface area contributed by atoms with Crippen LogP contribution in [0.4, 0.5) is 8.78 Å². The average molecular weight is 341 g/mol. The maximum Gasteiger partial charge on any atom is 0.175 e. The summed E-state index contributed by atoms with van der Waals surface area (Å²) in [4.78, 5) is 12.0. The summed E-state index contributed by atoms with van der Waals surface area (Å²) in [6, 6.07) is 7.91. The van der Waals surface area contributed by atoms with Crippen molar-refractivity contribution in [2.45, 2.75) is 6.54 Å². The zero-order valence-electron chi connectivity index (χ0n) is 12.9. The molecule has 2 aromatic heterocycles. The molecule has 0 saturated heterocycles. The Hall–Kier alpha value is -3.42. The smallest absolute Gasteiger partial charge is 0.175 e. The van der Waals surface area contributed by atoms with E-state index in [0.29, 0.717) is 17.0 Å². The van der Waals surface area contributed by atoms with Gasteiger partial charge in [0.1, 0.15) is 17.8 Å². The number of rotatable bonds is 5. The lowest BCUT2D eigenvalue weighted by Crippen LogP contribution is -2.07. The topological polar surface area (TPSA) is 90.2 Å². The molecule has 0 aliphatic heterocycles. The zero-order valence-corrected chi connectivity index (χ0v) is 12.9. The Balaban J connectivity index is 1.93. The van der Waals surface area contributed by atoms with Crippen molar-refractivity contribution in [1.29, 1.82) is 0 Å². The molecule has 25 heavy (non-hydrogen) atoms. The normalized spacial score (nSPS) is 12.4. The van der Waals surface area contributed by atoms with E-state index in [2.05, 4.69) is 20.1 Å². The third-order valence-electron chi connectivity index (χ3n) is 3.25. The molecule has 0 spiro atoms. The van der Waals surface area contributed by atoms with Crippen LogP contribution in [0.2, 0.25) is 0 Å². The van der Waals surface area contributed by atoms with Crippen molar-refractivity contribution in [2.24, 2.45) is 10.7 Å². The van der Waals surface area contributed by atoms with Crippen LogP contribution in [0.1, 0.15) is 17.1 Å². The number of aliphatic imine (C=N–C) groups is 1. The summed E-state index contributed by atoms with van der Waals surface area (Å²) in [5.41, 5.74) is 7.32. The molecule has 0 aliphatic rings. The Bertz CT molecular complexity index is 905. The minimum atomic E-state index is -0.568. The first-order valence-corrected chi connectivity index (χ1v) is 7.27. The molecule has 126 valence electrons. The van der Waals surface area contributed by atoms with E-state index in [9.17, 15) is 8.78 Å². The molecule has 0 radical (unpaired) electrons. The van der Waals surface area contributed by atoms with Gasteiger partial charge in [-0.15, -0.1) is 0 Å². The van der Waals surface area contributed by atoms with E-state index in [1.165, 1.54) is 18.4 Å². The van der Waals surface area contributed by atoms with Crippen molar-refractivity contribution in [3.8, 4) is 0 Å². The van der Waals surface area contributed by atoms with Crippen LogP contribution in [0.15, 0.2) is 64.6 Å². The second-order valence-electron chi connectivity index (χ2n) is 5.00. The van der Waals surface area contributed by atoms with Crippen LogP contribution >= 0.6 is 0 Å². The molecule has 2 N–H and O–H groups in total. The van der Waals surface area contributed by atoms with E-state index < -0.39 is 5.82 Å². The molecular weight excluding hydrogens is 328 g/mol. The van der Waals surface area contributed by atoms with Crippen LogP contribution in [-0.4, -0.2) is 20.8 Å². The van der Waals surface area contributed by atoms with Gasteiger partial charge in [-0.1, -0.05) is 23.4 Å². The Kier molecular flexibility index (Phi) is 4.89. The number of hydrogen-bond donors (Lipinski definition) is 1. The van der Waals surface area contributed by atoms with Gasteiger partial charge in [0.25, 0.3) is 0 Å². The minimum absolute atomic E-state index is 0.0862. The highest BCUT2D eigenvalue weighted by Crippen LogP contribution is 2.11. The fraction of sp³-hybridized carbons (Fsp3) is 0.0588. The number of aromatic nitrogens is 3. The molecule has 0 saturated carbocycles. The van der Waals surface area contributed by atoms with Gasteiger partial charge >= 0.3 is 0 Å². The minimum Gasteiger partial charge on any atom is -0.396 e. The van der Waals surface area contributed by atoms with E-state index in [0.717, 1.165) is 12.4 Å². The highest BCUT2D eigenvalue weighted by Gasteiger charge is 2.09. The first kappa shape index (κ1) is 16.4. The van der Waals surface area contributed by atoms with Gasteiger partial charge in [0.2, 0.25) is 0 Å². The molecule has 0 atom stereocenters. The van der Waals surface area contributed by atoms with Gasteiger partial charge in [-0.25, -0.2) is 18.7 Å². The zero-order chi connectivity index (χ0) is 17.6. The van der Waals surface area contributed by atoms with Crippen LogP contribution in [0.3, 0.4) is 0 Å². The number of nitrogens with zero attached hydrogens (tertiary/aromatic N) is 4. The summed E-state index contributed by atoms with van der Waals surface area (Å²) in [6.07, 6.45) is 4.88. The summed E-state index contributed by atoms with van der Waals surface area (Å²) in [5, 5.41) is 3.81. The molecule has 0 unspecified atom stereocenters. The van der Waals surface area contributed by atoms with Crippen LogP contribution in [0.25, 0.3) is 5.70 Å². The number of allylic oxidation sites excluding steroid dienone is 1. The van der Waals surface area contributed by atoms with E-state index in [1.54, 1.807) is 24.3 Å². The van der Waals surface area contributed by atoms with E-state index in [4.69, 9.17) is 10.3 Å². The lowest BCUT2D eigenvalue weighted by molar-refractivity contribution is 0.418. The second kappa shape index (κ2) is 7.43. The molecule has 0 fully saturated rings. The van der Waals surface area contributed by atoms with Crippen molar-refractivity contribution >= 4 is 11.4 Å². The van der Waals surface area contributed by atoms with Crippen molar-refractivity contribution in [3.05, 3.63) is 83.8 Å². The molecular formula is C17H13F2N5O. The van der Waals surface area contributed by atoms with Crippen LogP contribution < -0.4 is 5.73 Å². The quantitative estimate of drug-likeness (QED) is 0.721. The summed E-state index contributed by atoms with van der Waals surface area (Å²) >= 11 is 0. The Morgan fingerprint density at radius 2 is 1.92 bits per heavy atom. The van der Waals surface area contributed by atoms with Crippen LogP contribution in [-0.2, 0) is 6.54 Å². The van der Waals surface area contributed by atoms with Crippen molar-refractivity contribution in [1.82, 2.24) is 15.1 Å². The largest absolute Gasteiger partial charge is 0.396 e. The highest BCUT2D eigenvalue weighted by molar-refractivity contribution is 6.10. The first-order chi connectivity index (χ1) is 12.1. The second-order valence-corrected chi connectivity index (χ2v) is 5.00. The Morgan fingerprint density at radius 1 is 1.16 bits per heavy atom. The van der Waals surface area contributed by atoms with E-state index in [-0.39, 0.29) is 23.9 Å². The van der Waals surface area contributed by atoms with Crippen molar-refractivity contribution < 1.29 is 13.3 Å². The van der Waals surface area contributed by atoms with E-state index >= 15 is 0 Å². The summed E-state index contributed by atoms with van der Waals surface area (Å²) in [7, 11) is 0. The van der Waals surface area contributed by atoms with Gasteiger partial charge in [-0.05, 0) is 12.1 Å². The molecule has 6 nitrogen and oxygen atoms in total. The molecule has 0 bridgehead atoms. The number of nitrogens with two attached hydrogens (primary N) is 1. The summed E-state index contributed by atoms with van der Waals surface area (Å²) in [6.45, 7) is 0.0862. The third-order valence-corrected chi connectivity index (χ3v) is 3.25. The van der Waals surface area contributed by atoms with Gasteiger partial charge in [-0.3, -0.25) is 4.99 Å². The monoisotopic (exact) mass is 341 g/mol. The van der Waals surface area contributed by atoms with Gasteiger partial charge in [0, 0.05) is 11.6 Å². The predicted molar refractivity (Wildman–Crippen MR) is 87.3 cm³/mol. The standard InChI is InChI=1S/C17H13F2N5O/c18-12-9-22-17(23-10-12)14(20)7-16(15-5-6-25-24-15)21-8-11-3-1-2-4-13(11)19/h1-7,9-10H,8,20H2. The van der Waals surface area contributed by atoms with Crippen LogP contribution in [0.5, 0.6) is 0 Å². The molecule has 3 rings (SSSR count). The number of hydrogen-bond acceptors (Lipinski definition) is 6. The van der Waals surface area contributed by atoms with Crippen molar-refractivity contribution in [2.75, 3.05) is 0 Å². The molecule has 3 aromatic rings. The number of benzene rings is 1. The maximum atomic E-state index is 13.7. The van der Waals surface area contributed by atoms with Gasteiger partial charge in [-0.2, -0.15) is 0 Å². The fourth-order valence-electron chi connectivity index (χ4n) is 2.02. The Labute approximate surface area is 141 Å². The van der Waals surface area contributed by atoms with Gasteiger partial charge in [0.05, 0.1) is 30.3 Å². The highest BCUT2D eigenvalue weighted by atomic mass is 19.1. The van der Waals surface area contributed by atoms with Gasteiger partial charge in [0.15, 0.2) is 11.6 Å². The van der Waals surface area contributed by atoms with E-state index in [1.807, 2.05) is 0 Å². The fourth-order valence-corrected chi connectivity index (χ4v) is 2.02. The molecule has 1 aromatic carbocycles. The number of halogens is 2. The summed E-state index contributed by atoms with van der Waals surface area (Å²) < 4.78 is 31.5. The molecule has 8 heteroatoms. The van der Waals surface area contributed by atoms with Crippen molar-refractivity contribution in [3.63, 3.8) is 0 Å². The Morgan fingerprint density at radius 3 is 2.60 bits per heavy atom. The molecule has 0 amide bonds. The molecule has 0 aliphatic carbocycles. The maximum absolute atomic E-state index is 13.7. The predicted octanol–water partition coefficient (Wildman–Crippen LogP) is 2.73. The van der Waals surface area contributed by atoms with Crippen LogP contribution in [0, 0.1) is 11.6 Å². The first-order valence-electron chi connectivity index (χ1n) is 7.27. The average Bonchev–Trinajstić information content (AvgIpc) is 3.15.